The molecule has 0 heterocycles. The van der Waals surface area contributed by atoms with Gasteiger partial charge in [-0.1, -0.05) is 29.8 Å². The van der Waals surface area contributed by atoms with Crippen molar-refractivity contribution in [1.82, 2.24) is 0 Å². The normalized spacial score (nSPS) is 15.1. The fraction of sp³-hybridized carbons (Fsp3) is 0.263. The van der Waals surface area contributed by atoms with Crippen LogP contribution in [-0.2, 0) is 15.8 Å². The first kappa shape index (κ1) is 19.2. The summed E-state index contributed by atoms with van der Waals surface area (Å²) < 4.78 is 38.9. The fourth-order valence-corrected chi connectivity index (χ4v) is 3.05. The molecule has 2 amide bonds. The van der Waals surface area contributed by atoms with E-state index in [0.29, 0.717) is 18.5 Å². The zero-order valence-corrected chi connectivity index (χ0v) is 15.1. The number of halogens is 4. The zero-order valence-electron chi connectivity index (χ0n) is 14.3. The van der Waals surface area contributed by atoms with E-state index in [1.807, 2.05) is 0 Å². The van der Waals surface area contributed by atoms with Crippen LogP contribution in [0.3, 0.4) is 0 Å². The number of anilines is 2. The van der Waals surface area contributed by atoms with Gasteiger partial charge in [0.15, 0.2) is 0 Å². The number of nitrogens with zero attached hydrogens (tertiary/aromatic N) is 1. The Morgan fingerprint density at radius 3 is 2.30 bits per heavy atom. The number of carbonyl (C=O) groups is 2. The molecule has 1 fully saturated rings. The van der Waals surface area contributed by atoms with Gasteiger partial charge in [0.25, 0.3) is 0 Å². The van der Waals surface area contributed by atoms with Crippen LogP contribution < -0.4 is 10.2 Å². The van der Waals surface area contributed by atoms with E-state index in [1.165, 1.54) is 11.0 Å². The highest BCUT2D eigenvalue weighted by molar-refractivity contribution is 6.31. The average Bonchev–Trinajstić information content (AvgIpc) is 3.44. The van der Waals surface area contributed by atoms with Crippen LogP contribution in [0.1, 0.15) is 18.4 Å². The topological polar surface area (TPSA) is 49.4 Å². The number of nitrogens with one attached hydrogen (secondary N) is 1. The largest absolute Gasteiger partial charge is 0.417 e. The summed E-state index contributed by atoms with van der Waals surface area (Å²) in [7, 11) is 1.56. The summed E-state index contributed by atoms with van der Waals surface area (Å²) in [5.41, 5.74) is -1.73. The van der Waals surface area contributed by atoms with Gasteiger partial charge in [-0.15, -0.1) is 0 Å². The van der Waals surface area contributed by atoms with Gasteiger partial charge in [0.2, 0.25) is 11.8 Å². The Morgan fingerprint density at radius 1 is 1.11 bits per heavy atom. The highest BCUT2D eigenvalue weighted by Gasteiger charge is 2.57. The molecule has 8 heteroatoms. The van der Waals surface area contributed by atoms with Crippen molar-refractivity contribution < 1.29 is 22.8 Å². The number of hydrogen-bond donors (Lipinski definition) is 1. The SMILES string of the molecule is CN(C(=O)C1(C(=O)Nc2ccc(Cl)c(C(F)(F)F)c2)CC1)c1ccccc1. The van der Waals surface area contributed by atoms with Crippen molar-refractivity contribution in [2.75, 3.05) is 17.3 Å². The van der Waals surface area contributed by atoms with Crippen LogP contribution in [0.15, 0.2) is 48.5 Å². The third-order valence-electron chi connectivity index (χ3n) is 4.57. The summed E-state index contributed by atoms with van der Waals surface area (Å²) >= 11 is 5.59. The second-order valence-electron chi connectivity index (χ2n) is 6.43. The van der Waals surface area contributed by atoms with Gasteiger partial charge < -0.3 is 10.2 Å². The lowest BCUT2D eigenvalue weighted by atomic mass is 10.0. The molecule has 0 spiro atoms. The Hall–Kier alpha value is -2.54. The number of para-hydroxylation sites is 1. The van der Waals surface area contributed by atoms with E-state index >= 15 is 0 Å². The molecule has 0 radical (unpaired) electrons. The minimum atomic E-state index is -4.64. The maximum atomic E-state index is 13.0. The third kappa shape index (κ3) is 3.78. The minimum Gasteiger partial charge on any atom is -0.325 e. The lowest BCUT2D eigenvalue weighted by Crippen LogP contribution is -2.41. The summed E-state index contributed by atoms with van der Waals surface area (Å²) in [5.74, 6) is -1.01. The number of rotatable bonds is 4. The average molecular weight is 397 g/mol. The van der Waals surface area contributed by atoms with Gasteiger partial charge in [-0.05, 0) is 43.2 Å². The first-order chi connectivity index (χ1) is 12.6. The fourth-order valence-electron chi connectivity index (χ4n) is 2.82. The maximum Gasteiger partial charge on any atom is 0.417 e. The molecule has 4 nitrogen and oxygen atoms in total. The Bertz CT molecular complexity index is 880. The molecule has 1 aliphatic rings. The van der Waals surface area contributed by atoms with Crippen molar-refractivity contribution in [3.63, 3.8) is 0 Å². The van der Waals surface area contributed by atoms with E-state index in [-0.39, 0.29) is 5.69 Å². The van der Waals surface area contributed by atoms with Gasteiger partial charge in [-0.25, -0.2) is 0 Å². The van der Waals surface area contributed by atoms with Crippen molar-refractivity contribution in [1.29, 1.82) is 0 Å². The molecule has 1 N–H and O–H groups in total. The van der Waals surface area contributed by atoms with Crippen LogP contribution in [-0.4, -0.2) is 18.9 Å². The van der Waals surface area contributed by atoms with Gasteiger partial charge in [0.1, 0.15) is 5.41 Å². The molecular formula is C19H16ClF3N2O2. The van der Waals surface area contributed by atoms with Crippen molar-refractivity contribution in [3.8, 4) is 0 Å². The summed E-state index contributed by atoms with van der Waals surface area (Å²) in [4.78, 5) is 26.8. The molecular weight excluding hydrogens is 381 g/mol. The number of carbonyl (C=O) groups excluding carboxylic acids is 2. The van der Waals surface area contributed by atoms with Crippen LogP contribution in [0.25, 0.3) is 0 Å². The minimum absolute atomic E-state index is 0.0573. The Balaban J connectivity index is 1.79. The Labute approximate surface area is 158 Å². The van der Waals surface area contributed by atoms with Gasteiger partial charge in [0, 0.05) is 18.4 Å². The zero-order chi connectivity index (χ0) is 19.8. The summed E-state index contributed by atoms with van der Waals surface area (Å²) in [6.45, 7) is 0. The van der Waals surface area contributed by atoms with Crippen LogP contribution in [0, 0.1) is 5.41 Å². The maximum absolute atomic E-state index is 13.0. The van der Waals surface area contributed by atoms with Gasteiger partial charge in [0.05, 0.1) is 10.6 Å². The smallest absolute Gasteiger partial charge is 0.325 e. The number of alkyl halides is 3. The molecule has 2 aromatic carbocycles. The molecule has 142 valence electrons. The van der Waals surface area contributed by atoms with Crippen LogP contribution in [0.2, 0.25) is 5.02 Å². The molecule has 0 unspecified atom stereocenters. The van der Waals surface area contributed by atoms with E-state index in [4.69, 9.17) is 11.6 Å². The van der Waals surface area contributed by atoms with Gasteiger partial charge >= 0.3 is 6.18 Å². The number of amides is 2. The van der Waals surface area contributed by atoms with Crippen molar-refractivity contribution in [2.24, 2.45) is 5.41 Å². The molecule has 27 heavy (non-hydrogen) atoms. The lowest BCUT2D eigenvalue weighted by Gasteiger charge is -2.23. The number of benzene rings is 2. The first-order valence-corrected chi connectivity index (χ1v) is 8.54. The predicted octanol–water partition coefficient (Wildman–Crippen LogP) is 4.74. The Kier molecular flexibility index (Phi) is 4.90. The van der Waals surface area contributed by atoms with Crippen LogP contribution >= 0.6 is 11.6 Å². The summed E-state index contributed by atoms with van der Waals surface area (Å²) in [6, 6.07) is 11.9. The van der Waals surface area contributed by atoms with E-state index in [9.17, 15) is 22.8 Å². The highest BCUT2D eigenvalue weighted by atomic mass is 35.5. The quantitative estimate of drug-likeness (QED) is 0.759. The van der Waals surface area contributed by atoms with Crippen molar-refractivity contribution in [3.05, 3.63) is 59.1 Å². The molecule has 1 saturated carbocycles. The second-order valence-corrected chi connectivity index (χ2v) is 6.84. The lowest BCUT2D eigenvalue weighted by molar-refractivity contribution is -0.137. The summed E-state index contributed by atoms with van der Waals surface area (Å²) in [6.07, 6.45) is -3.96. The van der Waals surface area contributed by atoms with Crippen molar-refractivity contribution in [2.45, 2.75) is 19.0 Å². The standard InChI is InChI=1S/C19H16ClF3N2O2/c1-25(13-5-3-2-4-6-13)17(27)18(9-10-18)16(26)24-12-7-8-15(20)14(11-12)19(21,22)23/h2-8,11H,9-10H2,1H3,(H,24,26). The molecule has 0 saturated heterocycles. The molecule has 2 aromatic rings. The molecule has 0 bridgehead atoms. The second kappa shape index (κ2) is 6.88. The molecule has 0 aliphatic heterocycles. The molecule has 1 aliphatic carbocycles. The predicted molar refractivity (Wildman–Crippen MR) is 96.6 cm³/mol. The van der Waals surface area contributed by atoms with Crippen LogP contribution in [0.4, 0.5) is 24.5 Å². The first-order valence-electron chi connectivity index (χ1n) is 8.16. The Morgan fingerprint density at radius 2 is 1.74 bits per heavy atom. The van der Waals surface area contributed by atoms with Gasteiger partial charge in [-0.2, -0.15) is 13.2 Å². The van der Waals surface area contributed by atoms with Crippen molar-refractivity contribution >= 4 is 34.8 Å². The third-order valence-corrected chi connectivity index (χ3v) is 4.90. The number of hydrogen-bond acceptors (Lipinski definition) is 2. The molecule has 3 rings (SSSR count). The van der Waals surface area contributed by atoms with Gasteiger partial charge in [-0.3, -0.25) is 9.59 Å². The van der Waals surface area contributed by atoms with E-state index in [1.54, 1.807) is 37.4 Å². The monoisotopic (exact) mass is 396 g/mol. The highest BCUT2D eigenvalue weighted by Crippen LogP contribution is 2.48. The molecule has 0 atom stereocenters. The van der Waals surface area contributed by atoms with E-state index in [2.05, 4.69) is 5.32 Å². The van der Waals surface area contributed by atoms with E-state index in [0.717, 1.165) is 12.1 Å². The van der Waals surface area contributed by atoms with E-state index < -0.39 is 34.0 Å². The molecule has 0 aromatic heterocycles. The van der Waals surface area contributed by atoms with Crippen LogP contribution in [0.5, 0.6) is 0 Å². The summed E-state index contributed by atoms with van der Waals surface area (Å²) in [5, 5.41) is 1.97.